The normalized spacial score (nSPS) is 22.8. The molecule has 0 aromatic carbocycles. The van der Waals surface area contributed by atoms with Gasteiger partial charge in [0, 0.05) is 19.1 Å². The Morgan fingerprint density at radius 2 is 2.14 bits per heavy atom. The first-order valence-corrected chi connectivity index (χ1v) is 8.36. The molecule has 1 heterocycles. The largest absolute Gasteiger partial charge is 0.468 e. The van der Waals surface area contributed by atoms with E-state index >= 15 is 0 Å². The molecule has 2 unspecified atom stereocenters. The summed E-state index contributed by atoms with van der Waals surface area (Å²) in [5.41, 5.74) is 0. The molecule has 0 amide bonds. The number of methoxy groups -OCH3 is 1. The molecule has 0 aromatic rings. The van der Waals surface area contributed by atoms with E-state index in [0.717, 1.165) is 45.4 Å². The van der Waals surface area contributed by atoms with Crippen molar-refractivity contribution >= 4 is 5.97 Å². The van der Waals surface area contributed by atoms with Crippen LogP contribution in [0.4, 0.5) is 0 Å². The molecule has 2 atom stereocenters. The Labute approximate surface area is 130 Å². The van der Waals surface area contributed by atoms with E-state index in [4.69, 9.17) is 4.74 Å². The van der Waals surface area contributed by atoms with E-state index in [9.17, 15) is 4.79 Å². The van der Waals surface area contributed by atoms with E-state index in [2.05, 4.69) is 36.0 Å². The average molecular weight is 299 g/mol. The molecule has 1 saturated heterocycles. The smallest absolute Gasteiger partial charge is 0.322 e. The molecule has 124 valence electrons. The predicted octanol–water partition coefficient (Wildman–Crippen LogP) is 1.33. The van der Waals surface area contributed by atoms with Gasteiger partial charge in [-0.15, -0.1) is 0 Å². The zero-order valence-electron chi connectivity index (χ0n) is 14.2. The summed E-state index contributed by atoms with van der Waals surface area (Å²) in [5.74, 6) is -0.136. The summed E-state index contributed by atoms with van der Waals surface area (Å²) >= 11 is 0. The minimum absolute atomic E-state index is 0.136. The number of carbonyl (C=O) groups is 1. The summed E-state index contributed by atoms with van der Waals surface area (Å²) in [6.07, 6.45) is 4.22. The van der Waals surface area contributed by atoms with Crippen LogP contribution in [0.15, 0.2) is 0 Å². The Hall–Kier alpha value is -0.650. The van der Waals surface area contributed by atoms with E-state index in [-0.39, 0.29) is 12.0 Å². The van der Waals surface area contributed by atoms with E-state index in [1.165, 1.54) is 20.1 Å². The van der Waals surface area contributed by atoms with Crippen molar-refractivity contribution in [3.8, 4) is 0 Å². The first kappa shape index (κ1) is 18.4. The lowest BCUT2D eigenvalue weighted by Gasteiger charge is -2.31. The molecule has 5 heteroatoms. The Morgan fingerprint density at radius 1 is 1.38 bits per heavy atom. The van der Waals surface area contributed by atoms with Crippen LogP contribution in [0.5, 0.6) is 0 Å². The van der Waals surface area contributed by atoms with Crippen molar-refractivity contribution in [3.05, 3.63) is 0 Å². The molecule has 0 spiro atoms. The van der Waals surface area contributed by atoms with Gasteiger partial charge < -0.3 is 15.0 Å². The van der Waals surface area contributed by atoms with E-state index in [1.807, 2.05) is 0 Å². The number of esters is 1. The van der Waals surface area contributed by atoms with Crippen LogP contribution < -0.4 is 5.32 Å². The SMILES string of the molecule is CCCNC(CCN1CCCN(C)CC1CC)C(=O)OC. The molecule has 1 fully saturated rings. The second-order valence-corrected chi connectivity index (χ2v) is 6.03. The molecule has 0 aliphatic carbocycles. The third-order valence-electron chi connectivity index (χ3n) is 4.33. The number of hydrogen-bond donors (Lipinski definition) is 1. The standard InChI is InChI=1S/C16H33N3O2/c1-5-9-17-15(16(20)21-4)8-12-19-11-7-10-18(3)13-14(19)6-2/h14-15,17H,5-13H2,1-4H3. The second kappa shape index (κ2) is 10.1. The number of rotatable bonds is 8. The summed E-state index contributed by atoms with van der Waals surface area (Å²) in [6, 6.07) is 0.426. The van der Waals surface area contributed by atoms with Gasteiger partial charge in [-0.2, -0.15) is 0 Å². The highest BCUT2D eigenvalue weighted by Crippen LogP contribution is 2.13. The molecule has 0 saturated carbocycles. The van der Waals surface area contributed by atoms with Crippen LogP contribution in [0, 0.1) is 0 Å². The van der Waals surface area contributed by atoms with Crippen LogP contribution >= 0.6 is 0 Å². The molecule has 5 nitrogen and oxygen atoms in total. The fourth-order valence-electron chi connectivity index (χ4n) is 3.03. The number of ether oxygens (including phenoxy) is 1. The van der Waals surface area contributed by atoms with Gasteiger partial charge in [0.1, 0.15) is 6.04 Å². The van der Waals surface area contributed by atoms with Crippen LogP contribution in [-0.4, -0.2) is 74.7 Å². The molecule has 1 aliphatic heterocycles. The molecule has 0 radical (unpaired) electrons. The summed E-state index contributed by atoms with van der Waals surface area (Å²) in [6.45, 7) is 9.61. The summed E-state index contributed by atoms with van der Waals surface area (Å²) < 4.78 is 4.92. The fourth-order valence-corrected chi connectivity index (χ4v) is 3.03. The molecule has 0 aromatic heterocycles. The Morgan fingerprint density at radius 3 is 2.76 bits per heavy atom. The molecule has 1 rings (SSSR count). The van der Waals surface area contributed by atoms with Crippen LogP contribution in [-0.2, 0) is 9.53 Å². The Kier molecular flexibility index (Phi) is 8.88. The lowest BCUT2D eigenvalue weighted by atomic mass is 10.1. The van der Waals surface area contributed by atoms with Gasteiger partial charge in [0.2, 0.25) is 0 Å². The number of likely N-dealkylation sites (N-methyl/N-ethyl adjacent to an activating group) is 1. The highest BCUT2D eigenvalue weighted by molar-refractivity contribution is 5.75. The molecule has 21 heavy (non-hydrogen) atoms. The van der Waals surface area contributed by atoms with E-state index < -0.39 is 0 Å². The monoisotopic (exact) mass is 299 g/mol. The third kappa shape index (κ3) is 6.32. The van der Waals surface area contributed by atoms with Gasteiger partial charge in [-0.3, -0.25) is 9.69 Å². The quantitative estimate of drug-likeness (QED) is 0.685. The van der Waals surface area contributed by atoms with Crippen molar-refractivity contribution in [1.29, 1.82) is 0 Å². The number of carbonyl (C=O) groups excluding carboxylic acids is 1. The first-order valence-electron chi connectivity index (χ1n) is 8.36. The maximum absolute atomic E-state index is 11.9. The van der Waals surface area contributed by atoms with Crippen molar-refractivity contribution in [2.24, 2.45) is 0 Å². The lowest BCUT2D eigenvalue weighted by molar-refractivity contribution is -0.143. The Balaban J connectivity index is 2.53. The topological polar surface area (TPSA) is 44.8 Å². The molecular weight excluding hydrogens is 266 g/mol. The number of nitrogens with zero attached hydrogens (tertiary/aromatic N) is 2. The fraction of sp³-hybridized carbons (Fsp3) is 0.938. The van der Waals surface area contributed by atoms with Crippen LogP contribution in [0.1, 0.15) is 39.5 Å². The van der Waals surface area contributed by atoms with Gasteiger partial charge in [-0.25, -0.2) is 0 Å². The third-order valence-corrected chi connectivity index (χ3v) is 4.33. The van der Waals surface area contributed by atoms with Gasteiger partial charge >= 0.3 is 5.97 Å². The van der Waals surface area contributed by atoms with Crippen LogP contribution in [0.3, 0.4) is 0 Å². The van der Waals surface area contributed by atoms with Gasteiger partial charge in [-0.05, 0) is 52.4 Å². The van der Waals surface area contributed by atoms with Gasteiger partial charge in [0.25, 0.3) is 0 Å². The average Bonchev–Trinajstić information content (AvgIpc) is 2.67. The summed E-state index contributed by atoms with van der Waals surface area (Å²) in [5, 5.41) is 3.31. The zero-order valence-corrected chi connectivity index (χ0v) is 14.2. The van der Waals surface area contributed by atoms with Crippen LogP contribution in [0.25, 0.3) is 0 Å². The molecule has 1 N–H and O–H groups in total. The lowest BCUT2D eigenvalue weighted by Crippen LogP contribution is -2.44. The van der Waals surface area contributed by atoms with Gasteiger partial charge in [0.15, 0.2) is 0 Å². The zero-order chi connectivity index (χ0) is 15.7. The second-order valence-electron chi connectivity index (χ2n) is 6.03. The van der Waals surface area contributed by atoms with Crippen molar-refractivity contribution in [2.75, 3.05) is 46.9 Å². The summed E-state index contributed by atoms with van der Waals surface area (Å²) in [4.78, 5) is 16.8. The minimum atomic E-state index is -0.173. The van der Waals surface area contributed by atoms with E-state index in [1.54, 1.807) is 0 Å². The molecule has 0 bridgehead atoms. The first-order chi connectivity index (χ1) is 10.1. The molecular formula is C16H33N3O2. The van der Waals surface area contributed by atoms with Gasteiger partial charge in [0.05, 0.1) is 7.11 Å². The van der Waals surface area contributed by atoms with Crippen LogP contribution in [0.2, 0.25) is 0 Å². The maximum Gasteiger partial charge on any atom is 0.322 e. The predicted molar refractivity (Wildman–Crippen MR) is 86.5 cm³/mol. The number of hydrogen-bond acceptors (Lipinski definition) is 5. The van der Waals surface area contributed by atoms with Crippen molar-refractivity contribution in [2.45, 2.75) is 51.6 Å². The van der Waals surface area contributed by atoms with Crippen molar-refractivity contribution < 1.29 is 9.53 Å². The maximum atomic E-state index is 11.9. The van der Waals surface area contributed by atoms with Gasteiger partial charge in [-0.1, -0.05) is 13.8 Å². The van der Waals surface area contributed by atoms with Crippen molar-refractivity contribution in [1.82, 2.24) is 15.1 Å². The van der Waals surface area contributed by atoms with Crippen molar-refractivity contribution in [3.63, 3.8) is 0 Å². The summed E-state index contributed by atoms with van der Waals surface area (Å²) in [7, 11) is 3.67. The number of nitrogens with one attached hydrogen (secondary N) is 1. The molecule has 1 aliphatic rings. The highest BCUT2D eigenvalue weighted by atomic mass is 16.5. The highest BCUT2D eigenvalue weighted by Gasteiger charge is 2.24. The van der Waals surface area contributed by atoms with E-state index in [0.29, 0.717) is 6.04 Å². The Bertz CT molecular complexity index is 299. The minimum Gasteiger partial charge on any atom is -0.468 e.